The van der Waals surface area contributed by atoms with Crippen LogP contribution in [0.2, 0.25) is 0 Å². The molecular weight excluding hydrogens is 226 g/mol. The first-order valence-electron chi connectivity index (χ1n) is 5.81. The molecule has 0 aliphatic heterocycles. The van der Waals surface area contributed by atoms with Crippen molar-refractivity contribution in [2.45, 2.75) is 13.5 Å². The van der Waals surface area contributed by atoms with Gasteiger partial charge >= 0.3 is 0 Å². The molecule has 1 nitrogen and oxygen atoms in total. The topological polar surface area (TPSA) is 12.0 Å². The Morgan fingerprint density at radius 3 is 2.71 bits per heavy atom. The molecule has 1 N–H and O–H groups in total. The summed E-state index contributed by atoms with van der Waals surface area (Å²) < 4.78 is 0. The Kier molecular flexibility index (Phi) is 4.54. The van der Waals surface area contributed by atoms with E-state index in [-0.39, 0.29) is 0 Å². The van der Waals surface area contributed by atoms with E-state index in [1.54, 1.807) is 0 Å². The zero-order chi connectivity index (χ0) is 11.9. The molecule has 88 valence electrons. The van der Waals surface area contributed by atoms with E-state index in [0.717, 1.165) is 13.1 Å². The van der Waals surface area contributed by atoms with Crippen LogP contribution in [0.4, 0.5) is 0 Å². The fourth-order valence-electron chi connectivity index (χ4n) is 1.61. The summed E-state index contributed by atoms with van der Waals surface area (Å²) in [6.45, 7) is 4.03. The Balaban J connectivity index is 1.74. The zero-order valence-electron chi connectivity index (χ0n) is 10.0. The normalized spacial score (nSPS) is 11.1. The van der Waals surface area contributed by atoms with Gasteiger partial charge in [-0.25, -0.2) is 0 Å². The van der Waals surface area contributed by atoms with Gasteiger partial charge in [-0.15, -0.1) is 11.3 Å². The molecule has 0 amide bonds. The van der Waals surface area contributed by atoms with Gasteiger partial charge in [0.25, 0.3) is 0 Å². The lowest BCUT2D eigenvalue weighted by Crippen LogP contribution is -2.12. The minimum absolute atomic E-state index is 0.909. The van der Waals surface area contributed by atoms with E-state index in [1.807, 2.05) is 17.4 Å². The van der Waals surface area contributed by atoms with E-state index in [2.05, 4.69) is 60.1 Å². The van der Waals surface area contributed by atoms with Gasteiger partial charge in [-0.05, 0) is 29.5 Å². The minimum atomic E-state index is 0.909. The van der Waals surface area contributed by atoms with Gasteiger partial charge in [0.15, 0.2) is 0 Å². The van der Waals surface area contributed by atoms with Gasteiger partial charge in [0, 0.05) is 18.0 Å². The van der Waals surface area contributed by atoms with Crippen LogP contribution in [-0.2, 0) is 6.54 Å². The summed E-state index contributed by atoms with van der Waals surface area (Å²) in [4.78, 5) is 1.43. The van der Waals surface area contributed by atoms with Crippen molar-refractivity contribution >= 4 is 17.4 Å². The molecule has 1 aromatic carbocycles. The standard InChI is InChI=1S/C15H17NS/c1-13-9-11-17-15(13)12-16-10-5-8-14-6-3-2-4-7-14/h2-9,11,16H,10,12H2,1H3. The highest BCUT2D eigenvalue weighted by Gasteiger charge is 1.96. The van der Waals surface area contributed by atoms with Gasteiger partial charge in [0.1, 0.15) is 0 Å². The SMILES string of the molecule is Cc1ccsc1CNCC=Cc1ccccc1. The first-order chi connectivity index (χ1) is 8.36. The van der Waals surface area contributed by atoms with Crippen LogP contribution in [0.1, 0.15) is 16.0 Å². The van der Waals surface area contributed by atoms with Gasteiger partial charge in [-0.1, -0.05) is 42.5 Å². The molecule has 0 aliphatic rings. The number of rotatable bonds is 5. The van der Waals surface area contributed by atoms with Gasteiger partial charge < -0.3 is 5.32 Å². The monoisotopic (exact) mass is 243 g/mol. The molecule has 0 bridgehead atoms. The first-order valence-corrected chi connectivity index (χ1v) is 6.69. The molecule has 2 heteroatoms. The molecule has 0 atom stereocenters. The molecule has 0 unspecified atom stereocenters. The van der Waals surface area contributed by atoms with Crippen LogP contribution in [0.5, 0.6) is 0 Å². The molecule has 0 spiro atoms. The second-order valence-electron chi connectivity index (χ2n) is 3.97. The fraction of sp³-hybridized carbons (Fsp3) is 0.200. The second-order valence-corrected chi connectivity index (χ2v) is 4.97. The largest absolute Gasteiger partial charge is 0.308 e. The Labute approximate surface area is 107 Å². The van der Waals surface area contributed by atoms with Crippen molar-refractivity contribution in [3.05, 3.63) is 63.9 Å². The summed E-state index contributed by atoms with van der Waals surface area (Å²) in [5, 5.41) is 5.57. The summed E-state index contributed by atoms with van der Waals surface area (Å²) in [5.74, 6) is 0. The fourth-order valence-corrected chi connectivity index (χ4v) is 2.49. The maximum absolute atomic E-state index is 3.42. The molecule has 17 heavy (non-hydrogen) atoms. The van der Waals surface area contributed by atoms with E-state index in [4.69, 9.17) is 0 Å². The lowest BCUT2D eigenvalue weighted by atomic mass is 10.2. The van der Waals surface area contributed by atoms with Crippen LogP contribution in [0.15, 0.2) is 47.9 Å². The van der Waals surface area contributed by atoms with Gasteiger partial charge in [0.05, 0.1) is 0 Å². The summed E-state index contributed by atoms with van der Waals surface area (Å²) in [7, 11) is 0. The van der Waals surface area contributed by atoms with Gasteiger partial charge in [-0.3, -0.25) is 0 Å². The molecule has 0 saturated carbocycles. The van der Waals surface area contributed by atoms with Crippen LogP contribution < -0.4 is 5.32 Å². The molecular formula is C15H17NS. The highest BCUT2D eigenvalue weighted by atomic mass is 32.1. The maximum Gasteiger partial charge on any atom is 0.0305 e. The third-order valence-electron chi connectivity index (χ3n) is 2.63. The summed E-state index contributed by atoms with van der Waals surface area (Å²) in [5.41, 5.74) is 2.64. The molecule has 1 heterocycles. The van der Waals surface area contributed by atoms with Crippen molar-refractivity contribution in [1.29, 1.82) is 0 Å². The quantitative estimate of drug-likeness (QED) is 0.786. The van der Waals surface area contributed by atoms with Crippen molar-refractivity contribution in [2.75, 3.05) is 6.54 Å². The maximum atomic E-state index is 3.42. The molecule has 1 aromatic heterocycles. The lowest BCUT2D eigenvalue weighted by Gasteiger charge is -2.00. The number of benzene rings is 1. The predicted molar refractivity (Wildman–Crippen MR) is 76.2 cm³/mol. The Morgan fingerprint density at radius 2 is 2.00 bits per heavy atom. The molecule has 0 radical (unpaired) electrons. The Bertz CT molecular complexity index is 471. The predicted octanol–water partition coefficient (Wildman–Crippen LogP) is 3.86. The number of hydrogen-bond donors (Lipinski definition) is 1. The van der Waals surface area contributed by atoms with E-state index in [0.29, 0.717) is 0 Å². The Hall–Kier alpha value is -1.38. The van der Waals surface area contributed by atoms with Crippen molar-refractivity contribution in [1.82, 2.24) is 5.32 Å². The third kappa shape index (κ3) is 3.84. The highest BCUT2D eigenvalue weighted by molar-refractivity contribution is 7.10. The van der Waals surface area contributed by atoms with E-state index >= 15 is 0 Å². The molecule has 0 fully saturated rings. The highest BCUT2D eigenvalue weighted by Crippen LogP contribution is 2.14. The second kappa shape index (κ2) is 6.38. The van der Waals surface area contributed by atoms with E-state index in [9.17, 15) is 0 Å². The van der Waals surface area contributed by atoms with Crippen molar-refractivity contribution in [2.24, 2.45) is 0 Å². The van der Waals surface area contributed by atoms with E-state index < -0.39 is 0 Å². The van der Waals surface area contributed by atoms with Crippen molar-refractivity contribution in [3.8, 4) is 0 Å². The molecule has 0 aliphatic carbocycles. The number of thiophene rings is 1. The molecule has 2 aromatic rings. The summed E-state index contributed by atoms with van der Waals surface area (Å²) in [6.07, 6.45) is 4.31. The van der Waals surface area contributed by atoms with Crippen molar-refractivity contribution in [3.63, 3.8) is 0 Å². The molecule has 0 saturated heterocycles. The summed E-state index contributed by atoms with van der Waals surface area (Å²) in [6, 6.07) is 12.5. The average molecular weight is 243 g/mol. The number of hydrogen-bond acceptors (Lipinski definition) is 2. The summed E-state index contributed by atoms with van der Waals surface area (Å²) >= 11 is 1.82. The Morgan fingerprint density at radius 1 is 1.18 bits per heavy atom. The number of nitrogens with one attached hydrogen (secondary N) is 1. The first kappa shape index (κ1) is 12.1. The zero-order valence-corrected chi connectivity index (χ0v) is 10.8. The van der Waals surface area contributed by atoms with Crippen molar-refractivity contribution < 1.29 is 0 Å². The van der Waals surface area contributed by atoms with Crippen LogP contribution in [0.25, 0.3) is 6.08 Å². The average Bonchev–Trinajstić information content (AvgIpc) is 2.76. The van der Waals surface area contributed by atoms with Crippen LogP contribution in [-0.4, -0.2) is 6.54 Å². The minimum Gasteiger partial charge on any atom is -0.308 e. The third-order valence-corrected chi connectivity index (χ3v) is 3.65. The lowest BCUT2D eigenvalue weighted by molar-refractivity contribution is 0.768. The molecule has 2 rings (SSSR count). The smallest absolute Gasteiger partial charge is 0.0305 e. The van der Waals surface area contributed by atoms with Crippen LogP contribution in [0, 0.1) is 6.92 Å². The number of aryl methyl sites for hydroxylation is 1. The van der Waals surface area contributed by atoms with Gasteiger partial charge in [0.2, 0.25) is 0 Å². The van der Waals surface area contributed by atoms with Crippen LogP contribution in [0.3, 0.4) is 0 Å². The van der Waals surface area contributed by atoms with Crippen LogP contribution >= 0.6 is 11.3 Å². The van der Waals surface area contributed by atoms with Gasteiger partial charge in [-0.2, -0.15) is 0 Å². The van der Waals surface area contributed by atoms with E-state index in [1.165, 1.54) is 16.0 Å².